The van der Waals surface area contributed by atoms with Gasteiger partial charge in [-0.2, -0.15) is 23.5 Å². The van der Waals surface area contributed by atoms with E-state index >= 15 is 0 Å². The summed E-state index contributed by atoms with van der Waals surface area (Å²) in [6.07, 6.45) is 2.86. The fraction of sp³-hybridized carbons (Fsp3) is 1.00. The zero-order valence-electron chi connectivity index (χ0n) is 8.37. The van der Waals surface area contributed by atoms with Gasteiger partial charge in [-0.15, -0.1) is 0 Å². The second-order valence-corrected chi connectivity index (χ2v) is 6.38. The largest absolute Gasteiger partial charge is 0.296 e. The van der Waals surface area contributed by atoms with Gasteiger partial charge in [0.2, 0.25) is 0 Å². The second-order valence-electron chi connectivity index (χ2n) is 4.01. The summed E-state index contributed by atoms with van der Waals surface area (Å²) in [4.78, 5) is 2.76. The molecule has 1 nitrogen and oxygen atoms in total. The van der Waals surface area contributed by atoms with E-state index in [1.807, 2.05) is 0 Å². The van der Waals surface area contributed by atoms with E-state index < -0.39 is 0 Å². The molecule has 2 rings (SSSR count). The molecule has 3 heteroatoms. The maximum Gasteiger partial charge on any atom is 0.0161 e. The predicted molar refractivity (Wildman–Crippen MR) is 63.8 cm³/mol. The average molecular weight is 217 g/mol. The highest BCUT2D eigenvalue weighted by atomic mass is 32.2. The SMILES string of the molecule is CC1CSCCN1C1CCSCC1. The van der Waals surface area contributed by atoms with Crippen molar-refractivity contribution in [3.8, 4) is 0 Å². The van der Waals surface area contributed by atoms with E-state index in [1.54, 1.807) is 0 Å². The molecule has 0 aliphatic carbocycles. The van der Waals surface area contributed by atoms with Crippen LogP contribution in [-0.2, 0) is 0 Å². The standard InChI is InChI=1S/C10H19NS2/c1-9-8-13-7-4-11(9)10-2-5-12-6-3-10/h9-10H,2-8H2,1H3. The molecule has 0 aromatic carbocycles. The van der Waals surface area contributed by atoms with Crippen molar-refractivity contribution in [1.82, 2.24) is 4.90 Å². The Morgan fingerprint density at radius 2 is 1.85 bits per heavy atom. The van der Waals surface area contributed by atoms with Crippen LogP contribution < -0.4 is 0 Å². The van der Waals surface area contributed by atoms with Crippen molar-refractivity contribution in [3.63, 3.8) is 0 Å². The zero-order valence-corrected chi connectivity index (χ0v) is 10.0. The molecular weight excluding hydrogens is 198 g/mol. The van der Waals surface area contributed by atoms with Crippen molar-refractivity contribution >= 4 is 23.5 Å². The lowest BCUT2D eigenvalue weighted by Crippen LogP contribution is -2.48. The van der Waals surface area contributed by atoms with Crippen molar-refractivity contribution in [2.24, 2.45) is 0 Å². The van der Waals surface area contributed by atoms with Gasteiger partial charge in [0.05, 0.1) is 0 Å². The van der Waals surface area contributed by atoms with Gasteiger partial charge in [-0.05, 0) is 31.3 Å². The smallest absolute Gasteiger partial charge is 0.0161 e. The first-order chi connectivity index (χ1) is 6.38. The normalized spacial score (nSPS) is 33.5. The van der Waals surface area contributed by atoms with Gasteiger partial charge in [-0.1, -0.05) is 0 Å². The Kier molecular flexibility index (Phi) is 3.87. The van der Waals surface area contributed by atoms with Crippen LogP contribution in [0.25, 0.3) is 0 Å². The summed E-state index contributed by atoms with van der Waals surface area (Å²) in [5, 5.41) is 0. The predicted octanol–water partition coefficient (Wildman–Crippen LogP) is 2.32. The molecule has 0 radical (unpaired) electrons. The van der Waals surface area contributed by atoms with E-state index in [9.17, 15) is 0 Å². The molecule has 2 aliphatic heterocycles. The van der Waals surface area contributed by atoms with Gasteiger partial charge < -0.3 is 0 Å². The minimum atomic E-state index is 0.826. The Labute approximate surface area is 90.0 Å². The third kappa shape index (κ3) is 2.57. The van der Waals surface area contributed by atoms with Crippen LogP contribution in [0.5, 0.6) is 0 Å². The first-order valence-corrected chi connectivity index (χ1v) is 7.60. The fourth-order valence-corrected chi connectivity index (χ4v) is 4.42. The van der Waals surface area contributed by atoms with Crippen molar-refractivity contribution < 1.29 is 0 Å². The third-order valence-corrected chi connectivity index (χ3v) is 5.32. The maximum absolute atomic E-state index is 2.76. The quantitative estimate of drug-likeness (QED) is 0.663. The van der Waals surface area contributed by atoms with Crippen LogP contribution in [0.2, 0.25) is 0 Å². The Bertz CT molecular complexity index is 157. The number of rotatable bonds is 1. The van der Waals surface area contributed by atoms with Crippen LogP contribution in [0.15, 0.2) is 0 Å². The van der Waals surface area contributed by atoms with Crippen LogP contribution in [0.4, 0.5) is 0 Å². The van der Waals surface area contributed by atoms with E-state index in [-0.39, 0.29) is 0 Å². The Hall–Kier alpha value is 0.660. The molecule has 2 fully saturated rings. The molecule has 1 unspecified atom stereocenters. The van der Waals surface area contributed by atoms with E-state index in [4.69, 9.17) is 0 Å². The summed E-state index contributed by atoms with van der Waals surface area (Å²) in [7, 11) is 0. The van der Waals surface area contributed by atoms with E-state index in [2.05, 4.69) is 35.3 Å². The Balaban J connectivity index is 1.88. The van der Waals surface area contributed by atoms with Gasteiger partial charge >= 0.3 is 0 Å². The zero-order chi connectivity index (χ0) is 9.10. The van der Waals surface area contributed by atoms with Crippen molar-refractivity contribution in [2.75, 3.05) is 29.6 Å². The lowest BCUT2D eigenvalue weighted by Gasteiger charge is -2.40. The molecule has 0 aromatic heterocycles. The molecule has 2 aliphatic rings. The molecule has 0 saturated carbocycles. The summed E-state index contributed by atoms with van der Waals surface area (Å²) >= 11 is 4.26. The lowest BCUT2D eigenvalue weighted by molar-refractivity contribution is 0.152. The summed E-state index contributed by atoms with van der Waals surface area (Å²) in [6.45, 7) is 3.73. The average Bonchev–Trinajstić information content (AvgIpc) is 2.20. The van der Waals surface area contributed by atoms with Crippen molar-refractivity contribution in [1.29, 1.82) is 0 Å². The molecular formula is C10H19NS2. The van der Waals surface area contributed by atoms with Crippen molar-refractivity contribution in [2.45, 2.75) is 31.8 Å². The molecule has 2 saturated heterocycles. The van der Waals surface area contributed by atoms with Crippen LogP contribution >= 0.6 is 23.5 Å². The highest BCUT2D eigenvalue weighted by Crippen LogP contribution is 2.26. The minimum Gasteiger partial charge on any atom is -0.296 e. The molecule has 1 atom stereocenters. The topological polar surface area (TPSA) is 3.24 Å². The monoisotopic (exact) mass is 217 g/mol. The minimum absolute atomic E-state index is 0.826. The van der Waals surface area contributed by atoms with Gasteiger partial charge in [0.25, 0.3) is 0 Å². The van der Waals surface area contributed by atoms with Gasteiger partial charge in [0.1, 0.15) is 0 Å². The van der Waals surface area contributed by atoms with E-state index in [0.717, 1.165) is 12.1 Å². The van der Waals surface area contributed by atoms with Gasteiger partial charge in [0, 0.05) is 30.1 Å². The molecule has 0 N–H and O–H groups in total. The molecule has 0 bridgehead atoms. The highest BCUT2D eigenvalue weighted by Gasteiger charge is 2.27. The first kappa shape index (κ1) is 10.2. The van der Waals surface area contributed by atoms with Gasteiger partial charge in [-0.25, -0.2) is 0 Å². The molecule has 2 heterocycles. The van der Waals surface area contributed by atoms with Gasteiger partial charge in [-0.3, -0.25) is 4.90 Å². The number of hydrogen-bond donors (Lipinski definition) is 0. The fourth-order valence-electron chi connectivity index (χ4n) is 2.30. The van der Waals surface area contributed by atoms with Crippen LogP contribution in [-0.4, -0.2) is 46.5 Å². The first-order valence-electron chi connectivity index (χ1n) is 5.29. The molecule has 0 aromatic rings. The molecule has 0 amide bonds. The van der Waals surface area contributed by atoms with Crippen LogP contribution in [0, 0.1) is 0 Å². The van der Waals surface area contributed by atoms with Crippen LogP contribution in [0.3, 0.4) is 0 Å². The van der Waals surface area contributed by atoms with E-state index in [0.29, 0.717) is 0 Å². The summed E-state index contributed by atoms with van der Waals surface area (Å²) in [6, 6.07) is 1.74. The van der Waals surface area contributed by atoms with E-state index in [1.165, 1.54) is 42.4 Å². The van der Waals surface area contributed by atoms with Gasteiger partial charge in [0.15, 0.2) is 0 Å². The number of hydrogen-bond acceptors (Lipinski definition) is 3. The molecule has 0 spiro atoms. The third-order valence-electron chi connectivity index (χ3n) is 3.08. The molecule has 13 heavy (non-hydrogen) atoms. The summed E-state index contributed by atoms with van der Waals surface area (Å²) in [5.41, 5.74) is 0. The highest BCUT2D eigenvalue weighted by molar-refractivity contribution is 7.99. The number of thioether (sulfide) groups is 2. The van der Waals surface area contributed by atoms with Crippen LogP contribution in [0.1, 0.15) is 19.8 Å². The Morgan fingerprint density at radius 1 is 1.08 bits per heavy atom. The maximum atomic E-state index is 2.76. The summed E-state index contributed by atoms with van der Waals surface area (Å²) in [5.74, 6) is 5.49. The lowest BCUT2D eigenvalue weighted by atomic mass is 10.1. The summed E-state index contributed by atoms with van der Waals surface area (Å²) < 4.78 is 0. The Morgan fingerprint density at radius 3 is 2.54 bits per heavy atom. The molecule has 76 valence electrons. The van der Waals surface area contributed by atoms with Crippen molar-refractivity contribution in [3.05, 3.63) is 0 Å². The second kappa shape index (κ2) is 4.94. The number of nitrogens with zero attached hydrogens (tertiary/aromatic N) is 1.